The van der Waals surface area contributed by atoms with E-state index in [0.717, 1.165) is 0 Å². The molecule has 3 rings (SSSR count). The summed E-state index contributed by atoms with van der Waals surface area (Å²) in [6.07, 6.45) is 1.52. The molecular weight excluding hydrogens is 218 g/mol. The second-order valence-electron chi connectivity index (χ2n) is 3.48. The lowest BCUT2D eigenvalue weighted by atomic mass is 10.3. The van der Waals surface area contributed by atoms with Crippen molar-refractivity contribution < 1.29 is 4.74 Å². The summed E-state index contributed by atoms with van der Waals surface area (Å²) in [6, 6.07) is 10.7. The molecule has 2 N–H and O–H groups in total. The van der Waals surface area contributed by atoms with Gasteiger partial charge >= 0.3 is 0 Å². The molecule has 2 heterocycles. The highest BCUT2D eigenvalue weighted by Crippen LogP contribution is 2.21. The Kier molecular flexibility index (Phi) is 2.11. The Labute approximate surface area is 96.7 Å². The second-order valence-corrected chi connectivity index (χ2v) is 3.48. The molecule has 0 aliphatic rings. The predicted octanol–water partition coefficient (Wildman–Crippen LogP) is 1.50. The van der Waals surface area contributed by atoms with Crippen molar-refractivity contribution >= 4 is 11.3 Å². The van der Waals surface area contributed by atoms with Crippen LogP contribution in [0.15, 0.2) is 42.7 Å². The lowest BCUT2D eigenvalue weighted by molar-refractivity contribution is 0.452. The summed E-state index contributed by atoms with van der Waals surface area (Å²) in [6.45, 7) is 0. The van der Waals surface area contributed by atoms with E-state index in [0.29, 0.717) is 23.0 Å². The van der Waals surface area contributed by atoms with Gasteiger partial charge in [0.1, 0.15) is 12.1 Å². The standard InChI is InChI=1S/C11H9N5O/c12-8-2-1-3-9(6-8)17-11-5-4-10-14-13-7-16(10)15-11/h1-7H,12H2. The van der Waals surface area contributed by atoms with Crippen LogP contribution in [0.25, 0.3) is 5.65 Å². The number of fused-ring (bicyclic) bond motifs is 1. The minimum Gasteiger partial charge on any atom is -0.438 e. The van der Waals surface area contributed by atoms with Crippen LogP contribution in [0, 0.1) is 0 Å². The summed E-state index contributed by atoms with van der Waals surface area (Å²) >= 11 is 0. The van der Waals surface area contributed by atoms with Gasteiger partial charge in [-0.05, 0) is 18.2 Å². The summed E-state index contributed by atoms with van der Waals surface area (Å²) < 4.78 is 7.11. The average Bonchev–Trinajstić information content (AvgIpc) is 2.76. The Morgan fingerprint density at radius 1 is 1.18 bits per heavy atom. The molecule has 0 bridgehead atoms. The van der Waals surface area contributed by atoms with Crippen molar-refractivity contribution in [3.05, 3.63) is 42.7 Å². The minimum atomic E-state index is 0.461. The van der Waals surface area contributed by atoms with E-state index < -0.39 is 0 Å². The summed E-state index contributed by atoms with van der Waals surface area (Å²) in [5.41, 5.74) is 6.98. The number of nitrogens with zero attached hydrogens (tertiary/aromatic N) is 4. The van der Waals surface area contributed by atoms with Gasteiger partial charge in [-0.15, -0.1) is 15.3 Å². The van der Waals surface area contributed by atoms with E-state index in [4.69, 9.17) is 10.5 Å². The lowest BCUT2D eigenvalue weighted by Crippen LogP contribution is -1.95. The van der Waals surface area contributed by atoms with Crippen LogP contribution in [0.4, 0.5) is 5.69 Å². The van der Waals surface area contributed by atoms with Gasteiger partial charge in [-0.25, -0.2) is 0 Å². The Hall–Kier alpha value is -2.63. The first-order chi connectivity index (χ1) is 8.31. The number of hydrogen-bond donors (Lipinski definition) is 1. The number of nitrogens with two attached hydrogens (primary N) is 1. The topological polar surface area (TPSA) is 78.3 Å². The summed E-state index contributed by atoms with van der Waals surface area (Å²) in [5, 5.41) is 11.8. The van der Waals surface area contributed by atoms with E-state index in [2.05, 4.69) is 15.3 Å². The van der Waals surface area contributed by atoms with Gasteiger partial charge in [-0.3, -0.25) is 0 Å². The Morgan fingerprint density at radius 3 is 3.00 bits per heavy atom. The Morgan fingerprint density at radius 2 is 2.12 bits per heavy atom. The third-order valence-corrected chi connectivity index (χ3v) is 2.22. The molecule has 0 spiro atoms. The van der Waals surface area contributed by atoms with E-state index in [1.165, 1.54) is 6.33 Å². The average molecular weight is 227 g/mol. The highest BCUT2D eigenvalue weighted by atomic mass is 16.5. The van der Waals surface area contributed by atoms with Crippen molar-refractivity contribution in [3.63, 3.8) is 0 Å². The molecule has 84 valence electrons. The fraction of sp³-hybridized carbons (Fsp3) is 0. The molecule has 0 saturated carbocycles. The number of anilines is 1. The van der Waals surface area contributed by atoms with Crippen molar-refractivity contribution in [3.8, 4) is 11.6 Å². The maximum absolute atomic E-state index is 5.66. The van der Waals surface area contributed by atoms with Crippen LogP contribution in [0.1, 0.15) is 0 Å². The van der Waals surface area contributed by atoms with Crippen LogP contribution in [0.2, 0.25) is 0 Å². The molecule has 0 radical (unpaired) electrons. The van der Waals surface area contributed by atoms with Gasteiger partial charge < -0.3 is 10.5 Å². The van der Waals surface area contributed by atoms with E-state index in [9.17, 15) is 0 Å². The van der Waals surface area contributed by atoms with Gasteiger partial charge in [-0.1, -0.05) is 6.07 Å². The maximum Gasteiger partial charge on any atom is 0.237 e. The second kappa shape index (κ2) is 3.75. The molecule has 0 unspecified atom stereocenters. The van der Waals surface area contributed by atoms with E-state index >= 15 is 0 Å². The lowest BCUT2D eigenvalue weighted by Gasteiger charge is -2.04. The van der Waals surface area contributed by atoms with Crippen molar-refractivity contribution in [2.45, 2.75) is 0 Å². The quantitative estimate of drug-likeness (QED) is 0.671. The molecular formula is C11H9N5O. The van der Waals surface area contributed by atoms with Gasteiger partial charge in [0.15, 0.2) is 5.65 Å². The Bertz CT molecular complexity index is 664. The maximum atomic E-state index is 5.66. The molecule has 2 aromatic heterocycles. The number of rotatable bonds is 2. The first kappa shape index (κ1) is 9.59. The van der Waals surface area contributed by atoms with Crippen LogP contribution >= 0.6 is 0 Å². The van der Waals surface area contributed by atoms with Gasteiger partial charge in [-0.2, -0.15) is 4.52 Å². The highest BCUT2D eigenvalue weighted by molar-refractivity contribution is 5.45. The smallest absolute Gasteiger partial charge is 0.237 e. The molecule has 6 nitrogen and oxygen atoms in total. The zero-order valence-electron chi connectivity index (χ0n) is 8.82. The zero-order chi connectivity index (χ0) is 11.7. The van der Waals surface area contributed by atoms with Crippen molar-refractivity contribution in [1.82, 2.24) is 19.8 Å². The first-order valence-electron chi connectivity index (χ1n) is 5.02. The molecule has 6 heteroatoms. The van der Waals surface area contributed by atoms with Gasteiger partial charge in [0.2, 0.25) is 5.88 Å². The third-order valence-electron chi connectivity index (χ3n) is 2.22. The Balaban J connectivity index is 1.94. The number of nitrogen functional groups attached to an aromatic ring is 1. The monoisotopic (exact) mass is 227 g/mol. The van der Waals surface area contributed by atoms with Crippen LogP contribution in [0.5, 0.6) is 11.6 Å². The molecule has 1 aromatic carbocycles. The van der Waals surface area contributed by atoms with E-state index in [-0.39, 0.29) is 0 Å². The van der Waals surface area contributed by atoms with Crippen molar-refractivity contribution in [2.24, 2.45) is 0 Å². The van der Waals surface area contributed by atoms with Crippen molar-refractivity contribution in [2.75, 3.05) is 5.73 Å². The molecule has 0 saturated heterocycles. The molecule has 17 heavy (non-hydrogen) atoms. The summed E-state index contributed by atoms with van der Waals surface area (Å²) in [7, 11) is 0. The minimum absolute atomic E-state index is 0.461. The summed E-state index contributed by atoms with van der Waals surface area (Å²) in [5.74, 6) is 1.10. The largest absolute Gasteiger partial charge is 0.438 e. The van der Waals surface area contributed by atoms with Crippen molar-refractivity contribution in [1.29, 1.82) is 0 Å². The van der Waals surface area contributed by atoms with Gasteiger partial charge in [0.25, 0.3) is 0 Å². The van der Waals surface area contributed by atoms with Crippen LogP contribution in [-0.2, 0) is 0 Å². The van der Waals surface area contributed by atoms with Crippen LogP contribution in [0.3, 0.4) is 0 Å². The first-order valence-corrected chi connectivity index (χ1v) is 5.02. The number of benzene rings is 1. The highest BCUT2D eigenvalue weighted by Gasteiger charge is 2.02. The van der Waals surface area contributed by atoms with E-state index in [1.807, 2.05) is 12.1 Å². The molecule has 0 aliphatic heterocycles. The number of ether oxygens (including phenoxy) is 1. The number of aromatic nitrogens is 4. The molecule has 3 aromatic rings. The fourth-order valence-corrected chi connectivity index (χ4v) is 1.46. The summed E-state index contributed by atoms with van der Waals surface area (Å²) in [4.78, 5) is 0. The third kappa shape index (κ3) is 1.87. The SMILES string of the molecule is Nc1cccc(Oc2ccc3nncn3n2)c1. The van der Waals surface area contributed by atoms with Crippen LogP contribution in [-0.4, -0.2) is 19.8 Å². The van der Waals surface area contributed by atoms with Gasteiger partial charge in [0.05, 0.1) is 0 Å². The van der Waals surface area contributed by atoms with E-state index in [1.54, 1.807) is 28.8 Å². The number of hydrogen-bond acceptors (Lipinski definition) is 5. The molecule has 0 fully saturated rings. The van der Waals surface area contributed by atoms with Crippen LogP contribution < -0.4 is 10.5 Å². The molecule has 0 atom stereocenters. The zero-order valence-corrected chi connectivity index (χ0v) is 8.82. The fourth-order valence-electron chi connectivity index (χ4n) is 1.46. The normalized spacial score (nSPS) is 10.6. The predicted molar refractivity (Wildman–Crippen MR) is 61.7 cm³/mol. The molecule has 0 aliphatic carbocycles. The van der Waals surface area contributed by atoms with Gasteiger partial charge in [0, 0.05) is 17.8 Å². The molecule has 0 amide bonds.